The molecule has 0 saturated heterocycles. The summed E-state index contributed by atoms with van der Waals surface area (Å²) in [5, 5.41) is 0. The number of rotatable bonds is 4. The topological polar surface area (TPSA) is 26.3 Å². The minimum atomic E-state index is -2.95. The second-order valence-electron chi connectivity index (χ2n) is 4.99. The molecule has 5 heteroatoms. The van der Waals surface area contributed by atoms with E-state index >= 15 is 0 Å². The Morgan fingerprint density at radius 1 is 0.950 bits per heavy atom. The summed E-state index contributed by atoms with van der Waals surface area (Å²) in [5.41, 5.74) is 1.92. The van der Waals surface area contributed by atoms with Gasteiger partial charge < -0.3 is 4.52 Å². The highest BCUT2D eigenvalue weighted by Crippen LogP contribution is 2.62. The van der Waals surface area contributed by atoms with Crippen LogP contribution in [0.1, 0.15) is 25.0 Å². The molecule has 2 nitrogen and oxygen atoms in total. The highest BCUT2D eigenvalue weighted by molar-refractivity contribution is 9.70. The highest BCUT2D eigenvalue weighted by Gasteiger charge is 2.28. The van der Waals surface area contributed by atoms with Crippen molar-refractivity contribution in [2.75, 3.05) is 0 Å². The number of benzene rings is 2. The zero-order chi connectivity index (χ0) is 14.8. The first kappa shape index (κ1) is 15.8. The third kappa shape index (κ3) is 3.75. The van der Waals surface area contributed by atoms with Crippen LogP contribution in [0, 0.1) is 0 Å². The molecule has 0 fully saturated rings. The van der Waals surface area contributed by atoms with Gasteiger partial charge in [-0.2, -0.15) is 0 Å². The molecule has 0 heterocycles. The molecular weight excluding hydrogens is 403 g/mol. The van der Waals surface area contributed by atoms with Crippen molar-refractivity contribution in [3.8, 4) is 5.75 Å². The van der Waals surface area contributed by atoms with Crippen LogP contribution in [0.2, 0.25) is 0 Å². The van der Waals surface area contributed by atoms with E-state index in [2.05, 4.69) is 57.0 Å². The molecule has 0 spiro atoms. The highest BCUT2D eigenvalue weighted by atomic mass is 79.9. The van der Waals surface area contributed by atoms with Crippen molar-refractivity contribution in [1.82, 2.24) is 0 Å². The van der Waals surface area contributed by atoms with Gasteiger partial charge >= 0.3 is 4.77 Å². The summed E-state index contributed by atoms with van der Waals surface area (Å²) in [6, 6.07) is 17.8. The predicted octanol–water partition coefficient (Wildman–Crippen LogP) is 6.29. The lowest BCUT2D eigenvalue weighted by Gasteiger charge is -2.28. The Labute approximate surface area is 135 Å². The van der Waals surface area contributed by atoms with Gasteiger partial charge in [0.2, 0.25) is 0 Å². The lowest BCUT2D eigenvalue weighted by atomic mass is 9.78. The summed E-state index contributed by atoms with van der Waals surface area (Å²) >= 11 is 6.04. The molecule has 0 aromatic heterocycles. The maximum absolute atomic E-state index is 11.8. The maximum atomic E-state index is 11.8. The first-order valence-electron chi connectivity index (χ1n) is 6.15. The smallest absolute Gasteiger partial charge is 0.374 e. The molecule has 106 valence electrons. The normalized spacial score (nSPS) is 12.2. The number of halogens is 2. The molecule has 2 rings (SSSR count). The van der Waals surface area contributed by atoms with Crippen LogP contribution in [0.15, 0.2) is 54.6 Å². The number of para-hydroxylation sites is 1. The van der Waals surface area contributed by atoms with Gasteiger partial charge in [-0.3, -0.25) is 4.57 Å². The number of hydrogen-bond acceptors (Lipinski definition) is 2. The van der Waals surface area contributed by atoms with Crippen LogP contribution in [0.4, 0.5) is 0 Å². The lowest BCUT2D eigenvalue weighted by molar-refractivity contribution is 0.504. The van der Waals surface area contributed by atoms with Gasteiger partial charge in [-0.25, -0.2) is 0 Å². The molecule has 2 aromatic rings. The summed E-state index contributed by atoms with van der Waals surface area (Å²) in [6.07, 6.45) is 0. The summed E-state index contributed by atoms with van der Waals surface area (Å²) in [4.78, 5) is 0. The summed E-state index contributed by atoms with van der Waals surface area (Å²) < 4.78 is 14.4. The molecule has 0 bridgehead atoms. The van der Waals surface area contributed by atoms with Crippen LogP contribution in [0.25, 0.3) is 0 Å². The minimum absolute atomic E-state index is 0.243. The SMILES string of the molecule is CC(C)(c1ccccc1)c1ccccc1OP(=O)(Br)Br. The molecule has 0 aliphatic rings. The van der Waals surface area contributed by atoms with Crippen LogP contribution >= 0.6 is 35.8 Å². The van der Waals surface area contributed by atoms with Gasteiger partial charge in [0.05, 0.1) is 0 Å². The van der Waals surface area contributed by atoms with E-state index in [1.165, 1.54) is 5.56 Å². The zero-order valence-corrected chi connectivity index (χ0v) is 15.3. The molecule has 0 atom stereocenters. The quantitative estimate of drug-likeness (QED) is 0.546. The van der Waals surface area contributed by atoms with Crippen LogP contribution in [-0.2, 0) is 9.98 Å². The third-order valence-electron chi connectivity index (χ3n) is 3.26. The van der Waals surface area contributed by atoms with Gasteiger partial charge in [0.1, 0.15) is 5.75 Å². The summed E-state index contributed by atoms with van der Waals surface area (Å²) in [5.74, 6) is 0.610. The molecule has 20 heavy (non-hydrogen) atoms. The van der Waals surface area contributed by atoms with Gasteiger partial charge in [-0.1, -0.05) is 62.4 Å². The molecule has 0 amide bonds. The van der Waals surface area contributed by atoms with E-state index in [1.54, 1.807) is 0 Å². The molecule has 0 aliphatic carbocycles. The lowest BCUT2D eigenvalue weighted by Crippen LogP contribution is -2.19. The van der Waals surface area contributed by atoms with E-state index in [0.29, 0.717) is 5.75 Å². The minimum Gasteiger partial charge on any atom is -0.428 e. The summed E-state index contributed by atoms with van der Waals surface area (Å²) in [6.45, 7) is 4.25. The van der Waals surface area contributed by atoms with Crippen molar-refractivity contribution < 1.29 is 9.09 Å². The Hall–Kier alpha value is -0.570. The molecule has 2 aromatic carbocycles. The average molecular weight is 418 g/mol. The molecular formula is C15H15Br2O2P. The molecule has 0 unspecified atom stereocenters. The zero-order valence-electron chi connectivity index (χ0n) is 11.2. The van der Waals surface area contributed by atoms with Crippen molar-refractivity contribution in [3.05, 3.63) is 65.7 Å². The van der Waals surface area contributed by atoms with Gasteiger partial charge in [0.25, 0.3) is 0 Å². The fraction of sp³-hybridized carbons (Fsp3) is 0.200. The van der Waals surface area contributed by atoms with Gasteiger partial charge in [-0.05, 0) is 11.6 Å². The summed E-state index contributed by atoms with van der Waals surface area (Å²) in [7, 11) is 0. The second kappa shape index (κ2) is 6.05. The van der Waals surface area contributed by atoms with Crippen molar-refractivity contribution in [1.29, 1.82) is 0 Å². The molecule has 0 aliphatic heterocycles. The molecule has 0 radical (unpaired) electrons. The maximum Gasteiger partial charge on any atom is 0.374 e. The van der Waals surface area contributed by atoms with Crippen molar-refractivity contribution in [3.63, 3.8) is 0 Å². The van der Waals surface area contributed by atoms with Crippen molar-refractivity contribution in [2.24, 2.45) is 0 Å². The van der Waals surface area contributed by atoms with Crippen LogP contribution in [0.3, 0.4) is 0 Å². The Bertz CT molecular complexity index is 635. The Balaban J connectivity index is 2.50. The fourth-order valence-electron chi connectivity index (χ4n) is 2.19. The van der Waals surface area contributed by atoms with Gasteiger partial charge in [-0.15, -0.1) is 0 Å². The van der Waals surface area contributed by atoms with Crippen molar-refractivity contribution in [2.45, 2.75) is 19.3 Å². The fourth-order valence-corrected chi connectivity index (χ4v) is 3.51. The Morgan fingerprint density at radius 2 is 1.50 bits per heavy atom. The predicted molar refractivity (Wildman–Crippen MR) is 91.1 cm³/mol. The van der Waals surface area contributed by atoms with E-state index in [-0.39, 0.29) is 5.41 Å². The monoisotopic (exact) mass is 416 g/mol. The van der Waals surface area contributed by atoms with E-state index in [9.17, 15) is 4.57 Å². The molecule has 0 saturated carbocycles. The van der Waals surface area contributed by atoms with E-state index in [1.807, 2.05) is 42.5 Å². The third-order valence-corrected chi connectivity index (χ3v) is 4.54. The number of hydrogen-bond donors (Lipinski definition) is 0. The average Bonchev–Trinajstić information content (AvgIpc) is 2.38. The van der Waals surface area contributed by atoms with E-state index < -0.39 is 4.77 Å². The van der Waals surface area contributed by atoms with E-state index in [0.717, 1.165) is 5.56 Å². The van der Waals surface area contributed by atoms with Gasteiger partial charge in [0, 0.05) is 42.0 Å². The first-order valence-corrected chi connectivity index (χ1v) is 11.8. The van der Waals surface area contributed by atoms with Crippen LogP contribution in [0.5, 0.6) is 5.75 Å². The largest absolute Gasteiger partial charge is 0.428 e. The van der Waals surface area contributed by atoms with Crippen LogP contribution < -0.4 is 4.52 Å². The van der Waals surface area contributed by atoms with Gasteiger partial charge in [0.15, 0.2) is 0 Å². The Kier molecular flexibility index (Phi) is 4.78. The van der Waals surface area contributed by atoms with Crippen LogP contribution in [-0.4, -0.2) is 0 Å². The second-order valence-corrected chi connectivity index (χ2v) is 14.5. The molecule has 0 N–H and O–H groups in total. The van der Waals surface area contributed by atoms with Crippen molar-refractivity contribution >= 4 is 35.8 Å². The standard InChI is InChI=1S/C15H15Br2O2P/c1-15(2,12-8-4-3-5-9-12)13-10-6-7-11-14(13)19-20(16,17)18/h3-11H,1-2H3. The first-order chi connectivity index (χ1) is 9.31. The Morgan fingerprint density at radius 3 is 2.10 bits per heavy atom. The van der Waals surface area contributed by atoms with E-state index in [4.69, 9.17) is 4.52 Å².